The molecule has 0 saturated heterocycles. The van der Waals surface area contributed by atoms with E-state index in [1.54, 1.807) is 0 Å². The number of aryl methyl sites for hydroxylation is 2. The van der Waals surface area contributed by atoms with Crippen LogP contribution in [0, 0.1) is 6.92 Å². The first-order chi connectivity index (χ1) is 7.75. The Morgan fingerprint density at radius 3 is 3.12 bits per heavy atom. The maximum atomic E-state index is 9.93. The smallest absolute Gasteiger partial charge is 0.0962 e. The molecule has 82 valence electrons. The van der Waals surface area contributed by atoms with Crippen molar-refractivity contribution in [3.8, 4) is 0 Å². The molecule has 1 aliphatic carbocycles. The Labute approximate surface area is 94.9 Å². The second kappa shape index (κ2) is 3.56. The largest absolute Gasteiger partial charge is 0.387 e. The van der Waals surface area contributed by atoms with E-state index in [1.807, 2.05) is 12.1 Å². The van der Waals surface area contributed by atoms with Crippen molar-refractivity contribution in [3.05, 3.63) is 41.1 Å². The number of hydrogen-bond acceptors (Lipinski definition) is 2. The van der Waals surface area contributed by atoms with E-state index in [0.29, 0.717) is 0 Å². The van der Waals surface area contributed by atoms with Crippen molar-refractivity contribution < 1.29 is 5.11 Å². The average molecular weight is 213 g/mol. The number of hydrogen-bond donors (Lipinski definition) is 1. The van der Waals surface area contributed by atoms with Crippen LogP contribution in [0.4, 0.5) is 0 Å². The van der Waals surface area contributed by atoms with Gasteiger partial charge in [-0.2, -0.15) is 0 Å². The van der Waals surface area contributed by atoms with Crippen LogP contribution in [0.3, 0.4) is 0 Å². The summed E-state index contributed by atoms with van der Waals surface area (Å²) in [5, 5.41) is 11.1. The van der Waals surface area contributed by atoms with Gasteiger partial charge in [0.15, 0.2) is 0 Å². The summed E-state index contributed by atoms with van der Waals surface area (Å²) < 4.78 is 0. The van der Waals surface area contributed by atoms with E-state index >= 15 is 0 Å². The van der Waals surface area contributed by atoms with Crippen molar-refractivity contribution in [2.75, 3.05) is 0 Å². The third-order valence-corrected chi connectivity index (χ3v) is 3.43. The highest BCUT2D eigenvalue weighted by Gasteiger charge is 2.20. The monoisotopic (exact) mass is 213 g/mol. The van der Waals surface area contributed by atoms with Crippen molar-refractivity contribution in [1.29, 1.82) is 0 Å². The second-order valence-electron chi connectivity index (χ2n) is 4.58. The molecule has 0 aliphatic heterocycles. The lowest BCUT2D eigenvalue weighted by atomic mass is 9.92. The molecule has 2 heteroatoms. The highest BCUT2D eigenvalue weighted by Crippen LogP contribution is 2.31. The SMILES string of the molecule is Cc1cccc2nc3c(cc12)CCCC3O. The zero-order valence-corrected chi connectivity index (χ0v) is 9.40. The Morgan fingerprint density at radius 2 is 2.25 bits per heavy atom. The minimum Gasteiger partial charge on any atom is -0.387 e. The van der Waals surface area contributed by atoms with Crippen molar-refractivity contribution in [2.45, 2.75) is 32.3 Å². The molecule has 0 saturated carbocycles. The van der Waals surface area contributed by atoms with E-state index in [9.17, 15) is 5.11 Å². The Bertz CT molecular complexity index is 548. The van der Waals surface area contributed by atoms with E-state index in [4.69, 9.17) is 0 Å². The maximum absolute atomic E-state index is 9.93. The van der Waals surface area contributed by atoms with Gasteiger partial charge in [-0.3, -0.25) is 0 Å². The molecule has 0 radical (unpaired) electrons. The lowest BCUT2D eigenvalue weighted by Crippen LogP contribution is -2.11. The number of nitrogens with zero attached hydrogens (tertiary/aromatic N) is 1. The van der Waals surface area contributed by atoms with E-state index in [-0.39, 0.29) is 6.10 Å². The van der Waals surface area contributed by atoms with Crippen LogP contribution in [-0.4, -0.2) is 10.1 Å². The highest BCUT2D eigenvalue weighted by molar-refractivity contribution is 5.83. The van der Waals surface area contributed by atoms with Crippen LogP contribution in [0.25, 0.3) is 10.9 Å². The van der Waals surface area contributed by atoms with Crippen molar-refractivity contribution in [3.63, 3.8) is 0 Å². The van der Waals surface area contributed by atoms with E-state index in [0.717, 1.165) is 30.5 Å². The van der Waals surface area contributed by atoms with E-state index < -0.39 is 0 Å². The van der Waals surface area contributed by atoms with Gasteiger partial charge >= 0.3 is 0 Å². The fourth-order valence-electron chi connectivity index (χ4n) is 2.51. The molecule has 1 N–H and O–H groups in total. The molecule has 2 nitrogen and oxygen atoms in total. The van der Waals surface area contributed by atoms with E-state index in [1.165, 1.54) is 16.5 Å². The van der Waals surface area contributed by atoms with Gasteiger partial charge in [0.2, 0.25) is 0 Å². The molecule has 1 heterocycles. The Morgan fingerprint density at radius 1 is 1.38 bits per heavy atom. The second-order valence-corrected chi connectivity index (χ2v) is 4.58. The predicted molar refractivity (Wildman–Crippen MR) is 64.4 cm³/mol. The third kappa shape index (κ3) is 1.41. The molecule has 0 bridgehead atoms. The molecule has 0 amide bonds. The molecule has 2 aromatic rings. The average Bonchev–Trinajstić information content (AvgIpc) is 2.29. The molecule has 1 unspecified atom stereocenters. The minimum absolute atomic E-state index is 0.367. The Hall–Kier alpha value is -1.41. The summed E-state index contributed by atoms with van der Waals surface area (Å²) in [5.41, 5.74) is 4.37. The zero-order valence-electron chi connectivity index (χ0n) is 9.40. The summed E-state index contributed by atoms with van der Waals surface area (Å²) in [6.07, 6.45) is 2.59. The van der Waals surface area contributed by atoms with Crippen LogP contribution in [0.1, 0.15) is 35.8 Å². The van der Waals surface area contributed by atoms with Crippen LogP contribution in [0.5, 0.6) is 0 Å². The van der Waals surface area contributed by atoms with Crippen molar-refractivity contribution in [2.24, 2.45) is 0 Å². The maximum Gasteiger partial charge on any atom is 0.0962 e. The molecule has 1 aliphatic rings. The van der Waals surface area contributed by atoms with Crippen molar-refractivity contribution >= 4 is 10.9 Å². The molecule has 1 aromatic carbocycles. The molecule has 16 heavy (non-hydrogen) atoms. The number of rotatable bonds is 0. The molecular weight excluding hydrogens is 198 g/mol. The van der Waals surface area contributed by atoms with Gasteiger partial charge in [0, 0.05) is 5.39 Å². The quantitative estimate of drug-likeness (QED) is 0.730. The van der Waals surface area contributed by atoms with Gasteiger partial charge in [-0.1, -0.05) is 12.1 Å². The fourth-order valence-corrected chi connectivity index (χ4v) is 2.51. The molecule has 1 atom stereocenters. The van der Waals surface area contributed by atoms with Gasteiger partial charge in [0.05, 0.1) is 17.3 Å². The first kappa shape index (κ1) is 9.79. The van der Waals surface area contributed by atoms with Gasteiger partial charge in [0.1, 0.15) is 0 Å². The minimum atomic E-state index is -0.367. The lowest BCUT2D eigenvalue weighted by molar-refractivity contribution is 0.152. The van der Waals surface area contributed by atoms with Gasteiger partial charge in [0.25, 0.3) is 0 Å². The van der Waals surface area contributed by atoms with Crippen LogP contribution in [0.15, 0.2) is 24.3 Å². The van der Waals surface area contributed by atoms with Crippen LogP contribution < -0.4 is 0 Å². The summed E-state index contributed by atoms with van der Waals surface area (Å²) in [7, 11) is 0. The summed E-state index contributed by atoms with van der Waals surface area (Å²) in [4.78, 5) is 4.61. The van der Waals surface area contributed by atoms with E-state index in [2.05, 4.69) is 24.0 Å². The first-order valence-electron chi connectivity index (χ1n) is 5.83. The summed E-state index contributed by atoms with van der Waals surface area (Å²) in [6.45, 7) is 2.11. The van der Waals surface area contributed by atoms with Crippen LogP contribution in [-0.2, 0) is 6.42 Å². The summed E-state index contributed by atoms with van der Waals surface area (Å²) >= 11 is 0. The number of aromatic nitrogens is 1. The summed E-state index contributed by atoms with van der Waals surface area (Å²) in [6, 6.07) is 8.35. The fraction of sp³-hybridized carbons (Fsp3) is 0.357. The number of aliphatic hydroxyl groups excluding tert-OH is 1. The number of fused-ring (bicyclic) bond motifs is 2. The summed E-state index contributed by atoms with van der Waals surface area (Å²) in [5.74, 6) is 0. The highest BCUT2D eigenvalue weighted by atomic mass is 16.3. The van der Waals surface area contributed by atoms with Crippen molar-refractivity contribution in [1.82, 2.24) is 4.98 Å². The topological polar surface area (TPSA) is 33.1 Å². The number of benzene rings is 1. The van der Waals surface area contributed by atoms with Gasteiger partial charge < -0.3 is 5.11 Å². The lowest BCUT2D eigenvalue weighted by Gasteiger charge is -2.21. The standard InChI is InChI=1S/C14H15NO/c1-9-4-2-6-12-11(9)8-10-5-3-7-13(16)14(10)15-12/h2,4,6,8,13,16H,3,5,7H2,1H3. The number of aliphatic hydroxyl groups is 1. The number of pyridine rings is 1. The molecule has 1 aromatic heterocycles. The first-order valence-corrected chi connectivity index (χ1v) is 5.83. The third-order valence-electron chi connectivity index (χ3n) is 3.43. The molecular formula is C14H15NO. The Balaban J connectivity index is 2.30. The molecule has 0 fully saturated rings. The Kier molecular flexibility index (Phi) is 2.18. The zero-order chi connectivity index (χ0) is 11.1. The van der Waals surface area contributed by atoms with Gasteiger partial charge in [-0.05, 0) is 49.4 Å². The van der Waals surface area contributed by atoms with Crippen LogP contribution in [0.2, 0.25) is 0 Å². The van der Waals surface area contributed by atoms with Gasteiger partial charge in [-0.15, -0.1) is 0 Å². The van der Waals surface area contributed by atoms with Crippen LogP contribution >= 0.6 is 0 Å². The van der Waals surface area contributed by atoms with Gasteiger partial charge in [-0.25, -0.2) is 4.98 Å². The molecule has 0 spiro atoms. The predicted octanol–water partition coefficient (Wildman–Crippen LogP) is 2.91. The molecule has 3 rings (SSSR count). The normalized spacial score (nSPS) is 19.8.